The van der Waals surface area contributed by atoms with Gasteiger partial charge in [-0.2, -0.15) is 0 Å². The van der Waals surface area contributed by atoms with Crippen LogP contribution in [0.3, 0.4) is 0 Å². The molecule has 0 aromatic heterocycles. The lowest BCUT2D eigenvalue weighted by Crippen LogP contribution is -2.37. The third kappa shape index (κ3) is 4.92. The third-order valence-electron chi connectivity index (χ3n) is 5.19. The highest BCUT2D eigenvalue weighted by Crippen LogP contribution is 2.28. The summed E-state index contributed by atoms with van der Waals surface area (Å²) in [6.45, 7) is 1.94. The maximum Gasteiger partial charge on any atom is 0.289 e. The molecule has 0 saturated carbocycles. The molecular formula is C20H26N4O4S. The van der Waals surface area contributed by atoms with Gasteiger partial charge in [-0.05, 0) is 49.7 Å². The quantitative estimate of drug-likeness (QED) is 0.523. The minimum Gasteiger partial charge on any atom is -0.378 e. The Labute approximate surface area is 171 Å². The van der Waals surface area contributed by atoms with Crippen LogP contribution in [-0.2, 0) is 10.0 Å². The predicted molar refractivity (Wildman–Crippen MR) is 113 cm³/mol. The Hall–Kier alpha value is -2.49. The average molecular weight is 419 g/mol. The Bertz CT molecular complexity index is 955. The Morgan fingerprint density at radius 2 is 1.72 bits per heavy atom. The van der Waals surface area contributed by atoms with Crippen LogP contribution in [-0.4, -0.2) is 52.0 Å². The first-order valence-corrected chi connectivity index (χ1v) is 11.0. The van der Waals surface area contributed by atoms with Crippen molar-refractivity contribution >= 4 is 21.4 Å². The number of sulfonamides is 1. The summed E-state index contributed by atoms with van der Waals surface area (Å²) in [5.74, 6) is 0. The highest BCUT2D eigenvalue weighted by Gasteiger charge is 2.29. The van der Waals surface area contributed by atoms with Crippen molar-refractivity contribution in [2.75, 3.05) is 38.6 Å². The summed E-state index contributed by atoms with van der Waals surface area (Å²) >= 11 is 0. The normalized spacial score (nSPS) is 15.9. The number of rotatable bonds is 8. The molecule has 1 heterocycles. The average Bonchev–Trinajstić information content (AvgIpc) is 3.23. The van der Waals surface area contributed by atoms with Crippen molar-refractivity contribution in [1.29, 1.82) is 0 Å². The first kappa shape index (κ1) is 21.2. The van der Waals surface area contributed by atoms with Crippen molar-refractivity contribution < 1.29 is 13.3 Å². The second-order valence-electron chi connectivity index (χ2n) is 7.32. The number of nitrogens with one attached hydrogen (secondary N) is 1. The Morgan fingerprint density at radius 3 is 2.31 bits per heavy atom. The number of likely N-dealkylation sites (tertiary alicyclic amines) is 1. The Balaban J connectivity index is 1.84. The second-order valence-corrected chi connectivity index (χ2v) is 9.06. The zero-order valence-electron chi connectivity index (χ0n) is 16.6. The Morgan fingerprint density at radius 1 is 1.10 bits per heavy atom. The molecule has 0 aliphatic carbocycles. The van der Waals surface area contributed by atoms with E-state index in [9.17, 15) is 18.5 Å². The molecule has 1 aliphatic heterocycles. The van der Waals surface area contributed by atoms with Gasteiger partial charge in [-0.25, -0.2) is 13.1 Å². The molecule has 0 radical (unpaired) electrons. The molecular weight excluding hydrogens is 392 g/mol. The van der Waals surface area contributed by atoms with Gasteiger partial charge in [0.05, 0.1) is 4.92 Å². The van der Waals surface area contributed by atoms with Crippen LogP contribution in [0.1, 0.15) is 24.4 Å². The number of nitrogens with zero attached hydrogens (tertiary/aromatic N) is 3. The number of para-hydroxylation sites is 1. The van der Waals surface area contributed by atoms with E-state index in [2.05, 4.69) is 9.62 Å². The molecule has 8 nitrogen and oxygen atoms in total. The van der Waals surface area contributed by atoms with Gasteiger partial charge < -0.3 is 4.90 Å². The smallest absolute Gasteiger partial charge is 0.289 e. The van der Waals surface area contributed by atoms with Gasteiger partial charge >= 0.3 is 0 Å². The highest BCUT2D eigenvalue weighted by molar-refractivity contribution is 7.89. The fourth-order valence-electron chi connectivity index (χ4n) is 3.61. The second kappa shape index (κ2) is 8.89. The van der Waals surface area contributed by atoms with Gasteiger partial charge in [0.15, 0.2) is 4.90 Å². The molecule has 156 valence electrons. The van der Waals surface area contributed by atoms with Crippen molar-refractivity contribution in [1.82, 2.24) is 9.62 Å². The summed E-state index contributed by atoms with van der Waals surface area (Å²) < 4.78 is 28.2. The summed E-state index contributed by atoms with van der Waals surface area (Å²) in [4.78, 5) is 14.5. The van der Waals surface area contributed by atoms with E-state index in [0.29, 0.717) is 0 Å². The maximum atomic E-state index is 12.8. The molecule has 2 aromatic carbocycles. The van der Waals surface area contributed by atoms with E-state index in [1.165, 1.54) is 24.3 Å². The first-order valence-electron chi connectivity index (χ1n) is 9.54. The van der Waals surface area contributed by atoms with Gasteiger partial charge in [-0.3, -0.25) is 15.0 Å². The fraction of sp³-hybridized carbons (Fsp3) is 0.400. The molecule has 0 bridgehead atoms. The summed E-state index contributed by atoms with van der Waals surface area (Å²) in [5.41, 5.74) is 1.66. The SMILES string of the molecule is CN(C)c1ccc(C(CNS(=O)(=O)c2ccccc2[N+](=O)[O-])N2CCCC2)cc1. The number of hydrogen-bond acceptors (Lipinski definition) is 6. The number of hydrogen-bond donors (Lipinski definition) is 1. The van der Waals surface area contributed by atoms with Gasteiger partial charge in [-0.1, -0.05) is 24.3 Å². The van der Waals surface area contributed by atoms with Gasteiger partial charge in [0.2, 0.25) is 10.0 Å². The summed E-state index contributed by atoms with van der Waals surface area (Å²) in [7, 11) is -0.0845. The lowest BCUT2D eigenvalue weighted by molar-refractivity contribution is -0.387. The van der Waals surface area contributed by atoms with Crippen LogP contribution < -0.4 is 9.62 Å². The molecule has 0 spiro atoms. The van der Waals surface area contributed by atoms with Crippen molar-refractivity contribution in [3.8, 4) is 0 Å². The third-order valence-corrected chi connectivity index (χ3v) is 6.66. The van der Waals surface area contributed by atoms with Crippen molar-refractivity contribution in [3.05, 3.63) is 64.2 Å². The maximum absolute atomic E-state index is 12.8. The largest absolute Gasteiger partial charge is 0.378 e. The van der Waals surface area contributed by atoms with Gasteiger partial charge in [0.25, 0.3) is 5.69 Å². The number of nitro benzene ring substituents is 1. The number of benzene rings is 2. The molecule has 1 fully saturated rings. The van der Waals surface area contributed by atoms with E-state index in [-0.39, 0.29) is 17.5 Å². The van der Waals surface area contributed by atoms with Crippen LogP contribution in [0.25, 0.3) is 0 Å². The zero-order chi connectivity index (χ0) is 21.0. The van der Waals surface area contributed by atoms with E-state index < -0.39 is 20.6 Å². The van der Waals surface area contributed by atoms with Crippen molar-refractivity contribution in [3.63, 3.8) is 0 Å². The molecule has 1 unspecified atom stereocenters. The zero-order valence-corrected chi connectivity index (χ0v) is 17.4. The summed E-state index contributed by atoms with van der Waals surface area (Å²) in [6, 6.07) is 13.3. The van der Waals surface area contributed by atoms with E-state index in [1.807, 2.05) is 43.3 Å². The van der Waals surface area contributed by atoms with Gasteiger partial charge in [0.1, 0.15) is 0 Å². The minimum absolute atomic E-state index is 0.133. The molecule has 29 heavy (non-hydrogen) atoms. The summed E-state index contributed by atoms with van der Waals surface area (Å²) in [6.07, 6.45) is 2.15. The number of anilines is 1. The Kier molecular flexibility index (Phi) is 6.51. The molecule has 1 saturated heterocycles. The molecule has 2 aromatic rings. The minimum atomic E-state index is -4.02. The lowest BCUT2D eigenvalue weighted by Gasteiger charge is -2.28. The molecule has 9 heteroatoms. The number of nitro groups is 1. The van der Waals surface area contributed by atoms with Crippen LogP contribution in [0.2, 0.25) is 0 Å². The van der Waals surface area contributed by atoms with Crippen LogP contribution in [0.5, 0.6) is 0 Å². The monoisotopic (exact) mass is 418 g/mol. The van der Waals surface area contributed by atoms with Crippen LogP contribution in [0.15, 0.2) is 53.4 Å². The van der Waals surface area contributed by atoms with E-state index in [1.54, 1.807) is 0 Å². The first-order chi connectivity index (χ1) is 13.8. The lowest BCUT2D eigenvalue weighted by atomic mass is 10.1. The van der Waals surface area contributed by atoms with Crippen molar-refractivity contribution in [2.24, 2.45) is 0 Å². The fourth-order valence-corrected chi connectivity index (χ4v) is 4.82. The van der Waals surface area contributed by atoms with E-state index >= 15 is 0 Å². The molecule has 1 aliphatic rings. The molecule has 1 atom stereocenters. The van der Waals surface area contributed by atoms with Gasteiger partial charge in [0, 0.05) is 38.4 Å². The van der Waals surface area contributed by atoms with Gasteiger partial charge in [-0.15, -0.1) is 0 Å². The predicted octanol–water partition coefficient (Wildman–Crippen LogP) is 2.78. The highest BCUT2D eigenvalue weighted by atomic mass is 32.2. The van der Waals surface area contributed by atoms with E-state index in [0.717, 1.165) is 37.2 Å². The van der Waals surface area contributed by atoms with Crippen LogP contribution in [0, 0.1) is 10.1 Å². The standard InChI is InChI=1S/C20H26N4O4S/c1-22(2)17-11-9-16(10-12-17)19(23-13-5-6-14-23)15-21-29(27,28)20-8-4-3-7-18(20)24(25)26/h3-4,7-12,19,21H,5-6,13-15H2,1-2H3. The molecule has 0 amide bonds. The molecule has 3 rings (SSSR count). The topological polar surface area (TPSA) is 95.8 Å². The summed E-state index contributed by atoms with van der Waals surface area (Å²) in [5, 5.41) is 11.2. The molecule has 1 N–H and O–H groups in total. The van der Waals surface area contributed by atoms with E-state index in [4.69, 9.17) is 0 Å². The van der Waals surface area contributed by atoms with Crippen molar-refractivity contribution in [2.45, 2.75) is 23.8 Å². The van der Waals surface area contributed by atoms with Crippen LogP contribution >= 0.6 is 0 Å². The van der Waals surface area contributed by atoms with Crippen LogP contribution in [0.4, 0.5) is 11.4 Å².